The molecule has 5 rings (SSSR count). The topological polar surface area (TPSA) is 105 Å². The molecular formula is C24H32N4O4. The van der Waals surface area contributed by atoms with Gasteiger partial charge in [-0.15, -0.1) is 0 Å². The van der Waals surface area contributed by atoms with E-state index in [0.29, 0.717) is 24.4 Å². The Balaban J connectivity index is 1.19. The second-order valence-corrected chi connectivity index (χ2v) is 9.65. The van der Waals surface area contributed by atoms with Gasteiger partial charge in [-0.25, -0.2) is 0 Å². The Morgan fingerprint density at radius 2 is 1.91 bits per heavy atom. The maximum atomic E-state index is 13.0. The van der Waals surface area contributed by atoms with Gasteiger partial charge in [-0.1, -0.05) is 12.1 Å². The molecular weight excluding hydrogens is 408 g/mol. The van der Waals surface area contributed by atoms with Gasteiger partial charge in [0.25, 0.3) is 5.91 Å². The summed E-state index contributed by atoms with van der Waals surface area (Å²) >= 11 is 0. The molecule has 172 valence electrons. The smallest absolute Gasteiger partial charge is 0.255 e. The first-order valence-corrected chi connectivity index (χ1v) is 11.9. The van der Waals surface area contributed by atoms with Crippen LogP contribution in [0, 0.1) is 5.92 Å². The summed E-state index contributed by atoms with van der Waals surface area (Å²) in [5, 5.41) is 2.35. The third kappa shape index (κ3) is 4.19. The van der Waals surface area contributed by atoms with Crippen molar-refractivity contribution < 1.29 is 19.1 Å². The van der Waals surface area contributed by atoms with E-state index in [1.165, 1.54) is 0 Å². The minimum Gasteiger partial charge on any atom is -0.376 e. The SMILES string of the molecule is NC1CCCOC1C1CCN(Cc2ccc3c(c2)C(=O)N(C2CCC(=O)NC2=O)C3)CC1. The van der Waals surface area contributed by atoms with Gasteiger partial charge in [-0.2, -0.15) is 0 Å². The number of benzene rings is 1. The minimum atomic E-state index is -0.566. The van der Waals surface area contributed by atoms with E-state index in [1.807, 2.05) is 12.1 Å². The number of ether oxygens (including phenoxy) is 1. The quantitative estimate of drug-likeness (QED) is 0.681. The molecule has 3 fully saturated rings. The van der Waals surface area contributed by atoms with Crippen molar-refractivity contribution in [3.63, 3.8) is 0 Å². The predicted molar refractivity (Wildman–Crippen MR) is 117 cm³/mol. The molecule has 0 aromatic heterocycles. The largest absolute Gasteiger partial charge is 0.376 e. The zero-order chi connectivity index (χ0) is 22.2. The van der Waals surface area contributed by atoms with E-state index in [1.54, 1.807) is 4.90 Å². The number of nitrogens with one attached hydrogen (secondary N) is 1. The molecule has 0 spiro atoms. The summed E-state index contributed by atoms with van der Waals surface area (Å²) in [4.78, 5) is 40.7. The molecule has 8 nitrogen and oxygen atoms in total. The fourth-order valence-electron chi connectivity index (χ4n) is 5.71. The summed E-state index contributed by atoms with van der Waals surface area (Å²) in [7, 11) is 0. The van der Waals surface area contributed by atoms with E-state index in [-0.39, 0.29) is 36.3 Å². The summed E-state index contributed by atoms with van der Waals surface area (Å²) < 4.78 is 5.99. The molecule has 0 bridgehead atoms. The van der Waals surface area contributed by atoms with Crippen molar-refractivity contribution >= 4 is 17.7 Å². The highest BCUT2D eigenvalue weighted by molar-refractivity contribution is 6.05. The van der Waals surface area contributed by atoms with Gasteiger partial charge in [0.15, 0.2) is 0 Å². The Kier molecular flexibility index (Phi) is 6.01. The number of amides is 3. The summed E-state index contributed by atoms with van der Waals surface area (Å²) in [6, 6.07) is 5.68. The number of hydrogen-bond donors (Lipinski definition) is 2. The number of fused-ring (bicyclic) bond motifs is 1. The molecule has 1 aromatic carbocycles. The molecule has 4 heterocycles. The van der Waals surface area contributed by atoms with Gasteiger partial charge in [0.05, 0.1) is 6.10 Å². The molecule has 3 unspecified atom stereocenters. The summed E-state index contributed by atoms with van der Waals surface area (Å²) in [6.07, 6.45) is 5.16. The lowest BCUT2D eigenvalue weighted by Gasteiger charge is -2.40. The van der Waals surface area contributed by atoms with Crippen molar-refractivity contribution in [3.05, 3.63) is 34.9 Å². The fourth-order valence-corrected chi connectivity index (χ4v) is 5.71. The van der Waals surface area contributed by atoms with E-state index in [9.17, 15) is 14.4 Å². The molecule has 0 saturated carbocycles. The molecule has 4 aliphatic heterocycles. The van der Waals surface area contributed by atoms with Crippen LogP contribution in [-0.2, 0) is 27.4 Å². The number of nitrogens with two attached hydrogens (primary N) is 1. The number of hydrogen-bond acceptors (Lipinski definition) is 6. The molecule has 0 radical (unpaired) electrons. The summed E-state index contributed by atoms with van der Waals surface area (Å²) in [5.41, 5.74) is 9.05. The maximum absolute atomic E-state index is 13.0. The van der Waals surface area contributed by atoms with Gasteiger partial charge in [0.1, 0.15) is 6.04 Å². The second-order valence-electron chi connectivity index (χ2n) is 9.65. The average Bonchev–Trinajstić information content (AvgIpc) is 3.11. The highest BCUT2D eigenvalue weighted by atomic mass is 16.5. The van der Waals surface area contributed by atoms with Crippen LogP contribution >= 0.6 is 0 Å². The van der Waals surface area contributed by atoms with Gasteiger partial charge in [0.2, 0.25) is 11.8 Å². The van der Waals surface area contributed by atoms with E-state index in [2.05, 4.69) is 16.3 Å². The summed E-state index contributed by atoms with van der Waals surface area (Å²) in [6.45, 7) is 4.07. The van der Waals surface area contributed by atoms with Gasteiger partial charge in [0, 0.05) is 37.7 Å². The monoisotopic (exact) mass is 440 g/mol. The maximum Gasteiger partial charge on any atom is 0.255 e. The van der Waals surface area contributed by atoms with Crippen LogP contribution in [0.3, 0.4) is 0 Å². The molecule has 0 aliphatic carbocycles. The molecule has 1 aromatic rings. The van der Waals surface area contributed by atoms with Crippen LogP contribution in [0.25, 0.3) is 0 Å². The van der Waals surface area contributed by atoms with Gasteiger partial charge >= 0.3 is 0 Å². The van der Waals surface area contributed by atoms with E-state index < -0.39 is 6.04 Å². The zero-order valence-electron chi connectivity index (χ0n) is 18.4. The molecule has 3 N–H and O–H groups in total. The lowest BCUT2D eigenvalue weighted by molar-refractivity contribution is -0.136. The van der Waals surface area contributed by atoms with Crippen molar-refractivity contribution in [1.82, 2.24) is 15.1 Å². The Morgan fingerprint density at radius 3 is 2.66 bits per heavy atom. The highest BCUT2D eigenvalue weighted by Crippen LogP contribution is 2.31. The Labute approximate surface area is 188 Å². The molecule has 3 amide bonds. The fraction of sp³-hybridized carbons (Fsp3) is 0.625. The van der Waals surface area contributed by atoms with Crippen LogP contribution < -0.4 is 11.1 Å². The normalized spacial score (nSPS) is 29.8. The molecule has 3 atom stereocenters. The van der Waals surface area contributed by atoms with E-state index >= 15 is 0 Å². The molecule has 8 heteroatoms. The Bertz CT molecular complexity index is 911. The Morgan fingerprint density at radius 1 is 1.09 bits per heavy atom. The van der Waals surface area contributed by atoms with Crippen LogP contribution in [0.2, 0.25) is 0 Å². The number of likely N-dealkylation sites (tertiary alicyclic amines) is 1. The van der Waals surface area contributed by atoms with E-state index in [0.717, 1.165) is 63.1 Å². The van der Waals surface area contributed by atoms with Crippen molar-refractivity contribution in [3.8, 4) is 0 Å². The van der Waals surface area contributed by atoms with Gasteiger partial charge < -0.3 is 15.4 Å². The summed E-state index contributed by atoms with van der Waals surface area (Å²) in [5.74, 6) is -0.214. The van der Waals surface area contributed by atoms with Crippen LogP contribution in [0.15, 0.2) is 18.2 Å². The van der Waals surface area contributed by atoms with Crippen LogP contribution in [-0.4, -0.2) is 65.4 Å². The zero-order valence-corrected chi connectivity index (χ0v) is 18.4. The lowest BCUT2D eigenvalue weighted by atomic mass is 9.85. The predicted octanol–water partition coefficient (Wildman–Crippen LogP) is 1.17. The molecule has 4 aliphatic rings. The third-order valence-electron chi connectivity index (χ3n) is 7.51. The first-order valence-electron chi connectivity index (χ1n) is 11.9. The number of carbonyl (C=O) groups is 3. The van der Waals surface area contributed by atoms with Gasteiger partial charge in [-0.3, -0.25) is 24.6 Å². The Hall–Kier alpha value is -2.29. The van der Waals surface area contributed by atoms with E-state index in [4.69, 9.17) is 10.5 Å². The number of nitrogens with zero attached hydrogens (tertiary/aromatic N) is 2. The highest BCUT2D eigenvalue weighted by Gasteiger charge is 2.39. The van der Waals surface area contributed by atoms with Crippen LogP contribution in [0.5, 0.6) is 0 Å². The number of rotatable bonds is 4. The first kappa shape index (κ1) is 21.6. The van der Waals surface area contributed by atoms with Crippen molar-refractivity contribution in [2.75, 3.05) is 19.7 Å². The van der Waals surface area contributed by atoms with Crippen LogP contribution in [0.4, 0.5) is 0 Å². The number of imide groups is 1. The number of piperidine rings is 2. The second kappa shape index (κ2) is 8.92. The molecule has 32 heavy (non-hydrogen) atoms. The minimum absolute atomic E-state index is 0.113. The molecule has 3 saturated heterocycles. The van der Waals surface area contributed by atoms with Crippen LogP contribution in [0.1, 0.15) is 60.0 Å². The third-order valence-corrected chi connectivity index (χ3v) is 7.51. The van der Waals surface area contributed by atoms with Crippen molar-refractivity contribution in [1.29, 1.82) is 0 Å². The average molecular weight is 441 g/mol. The van der Waals surface area contributed by atoms with Crippen molar-refractivity contribution in [2.45, 2.75) is 69.8 Å². The van der Waals surface area contributed by atoms with Crippen molar-refractivity contribution in [2.24, 2.45) is 11.7 Å². The first-order chi connectivity index (χ1) is 15.5. The van der Waals surface area contributed by atoms with Gasteiger partial charge in [-0.05, 0) is 68.3 Å². The standard InChI is InChI=1S/C24H32N4O4/c25-19-2-1-11-32-22(19)16-7-9-27(10-8-16)13-15-3-4-17-14-28(24(31)18(17)12-15)20-5-6-21(29)26-23(20)30/h3-4,12,16,19-20,22H,1-2,5-11,13-14,25H2,(H,26,29,30). The number of carbonyl (C=O) groups excluding carboxylic acids is 3. The lowest BCUT2D eigenvalue weighted by Crippen LogP contribution is -2.52.